The molecule has 4 rings (SSSR count). The number of aromatic nitrogens is 1. The number of guanidine groups is 1. The van der Waals surface area contributed by atoms with Crippen LogP contribution in [0.2, 0.25) is 0 Å². The quantitative estimate of drug-likeness (QED) is 0.744. The molecule has 9 heteroatoms. The highest BCUT2D eigenvalue weighted by Crippen LogP contribution is 2.38. The molecule has 2 aromatic heterocycles. The minimum atomic E-state index is -1.31. The van der Waals surface area contributed by atoms with E-state index in [0.717, 1.165) is 16.0 Å². The minimum absolute atomic E-state index is 0.154. The fourth-order valence-electron chi connectivity index (χ4n) is 2.70. The Morgan fingerprint density at radius 1 is 1.38 bits per heavy atom. The molecule has 1 aliphatic rings. The Morgan fingerprint density at radius 2 is 2.19 bits per heavy atom. The van der Waals surface area contributed by atoms with Crippen LogP contribution in [-0.2, 0) is 11.0 Å². The molecule has 0 saturated heterocycles. The number of benzene rings is 1. The van der Waals surface area contributed by atoms with Gasteiger partial charge in [0.1, 0.15) is 22.8 Å². The van der Waals surface area contributed by atoms with Crippen LogP contribution in [-0.4, -0.2) is 32.3 Å². The summed E-state index contributed by atoms with van der Waals surface area (Å²) in [6.45, 7) is 0. The maximum atomic E-state index is 14.6. The van der Waals surface area contributed by atoms with E-state index in [1.807, 2.05) is 24.3 Å². The number of halogens is 1. The van der Waals surface area contributed by atoms with Crippen molar-refractivity contribution in [1.82, 2.24) is 9.29 Å². The normalized spacial score (nSPS) is 20.2. The number of rotatable bonds is 3. The van der Waals surface area contributed by atoms with Crippen molar-refractivity contribution in [2.75, 3.05) is 12.8 Å². The fourth-order valence-corrected chi connectivity index (χ4v) is 4.87. The first kappa shape index (κ1) is 16.9. The number of oxazole rings is 1. The van der Waals surface area contributed by atoms with Gasteiger partial charge >= 0.3 is 0 Å². The molecule has 3 heterocycles. The van der Waals surface area contributed by atoms with Gasteiger partial charge in [-0.3, -0.25) is 4.31 Å². The molecule has 6 nitrogen and oxygen atoms in total. The van der Waals surface area contributed by atoms with E-state index in [-0.39, 0.29) is 17.5 Å². The van der Waals surface area contributed by atoms with Crippen LogP contribution < -0.4 is 5.73 Å². The largest absolute Gasteiger partial charge is 0.444 e. The lowest BCUT2D eigenvalue weighted by molar-refractivity contribution is 0.572. The molecule has 0 spiro atoms. The molecule has 1 aromatic carbocycles. The third kappa shape index (κ3) is 3.04. The zero-order chi connectivity index (χ0) is 18.3. The van der Waals surface area contributed by atoms with Crippen molar-refractivity contribution in [3.05, 3.63) is 53.6 Å². The second-order valence-electron chi connectivity index (χ2n) is 5.76. The summed E-state index contributed by atoms with van der Waals surface area (Å²) in [5.41, 5.74) is 7.51. The van der Waals surface area contributed by atoms with Crippen molar-refractivity contribution in [1.29, 1.82) is 0 Å². The van der Waals surface area contributed by atoms with Crippen LogP contribution in [0.1, 0.15) is 10.9 Å². The van der Waals surface area contributed by atoms with E-state index in [4.69, 9.17) is 10.2 Å². The molecule has 0 aliphatic carbocycles. The smallest absolute Gasteiger partial charge is 0.203 e. The lowest BCUT2D eigenvalue weighted by atomic mass is 10.1. The summed E-state index contributed by atoms with van der Waals surface area (Å²) in [7, 11) is 0.293. The molecule has 0 amide bonds. The summed E-state index contributed by atoms with van der Waals surface area (Å²) in [4.78, 5) is 9.40. The van der Waals surface area contributed by atoms with Crippen LogP contribution in [0.5, 0.6) is 0 Å². The van der Waals surface area contributed by atoms with Crippen LogP contribution >= 0.6 is 11.3 Å². The Labute approximate surface area is 155 Å². The maximum absolute atomic E-state index is 14.6. The van der Waals surface area contributed by atoms with E-state index >= 15 is 0 Å². The Morgan fingerprint density at radius 3 is 2.92 bits per heavy atom. The summed E-state index contributed by atoms with van der Waals surface area (Å²) in [5, 5.41) is 0. The second kappa shape index (κ2) is 6.65. The van der Waals surface area contributed by atoms with Gasteiger partial charge in [-0.15, -0.1) is 11.3 Å². The zero-order valence-electron chi connectivity index (χ0n) is 13.8. The Balaban J connectivity index is 1.70. The monoisotopic (exact) mass is 390 g/mol. The molecular formula is C17H15FN4O2S2. The molecule has 2 unspecified atom stereocenters. The molecule has 26 heavy (non-hydrogen) atoms. The highest BCUT2D eigenvalue weighted by atomic mass is 32.2. The van der Waals surface area contributed by atoms with Gasteiger partial charge in [0, 0.05) is 17.5 Å². The van der Waals surface area contributed by atoms with Gasteiger partial charge in [0.25, 0.3) is 0 Å². The zero-order valence-corrected chi connectivity index (χ0v) is 15.4. The molecule has 0 fully saturated rings. The van der Waals surface area contributed by atoms with E-state index in [1.54, 1.807) is 13.2 Å². The van der Waals surface area contributed by atoms with Crippen molar-refractivity contribution in [3.63, 3.8) is 0 Å². The molecule has 0 saturated carbocycles. The van der Waals surface area contributed by atoms with Crippen LogP contribution in [0.25, 0.3) is 21.8 Å². The van der Waals surface area contributed by atoms with E-state index < -0.39 is 17.0 Å². The number of nitrogens with zero attached hydrogens (tertiary/aromatic N) is 3. The standard InChI is InChI=1S/C17H15FN4O2S2/c1-22-17(19)21-13(8-26(22)23)16-12(18)6-15(25-16)11-4-2-3-10(5-11)14-7-20-9-24-14/h2-7,9,13H,8H2,1H3,(H2,19,21). The van der Waals surface area contributed by atoms with Crippen LogP contribution in [0.4, 0.5) is 4.39 Å². The highest BCUT2D eigenvalue weighted by Gasteiger charge is 2.28. The topological polar surface area (TPSA) is 84.7 Å². The molecule has 2 N–H and O–H groups in total. The lowest BCUT2D eigenvalue weighted by Gasteiger charge is -2.25. The van der Waals surface area contributed by atoms with Crippen molar-refractivity contribution >= 4 is 28.3 Å². The second-order valence-corrected chi connectivity index (χ2v) is 8.37. The van der Waals surface area contributed by atoms with Gasteiger partial charge in [0.05, 0.1) is 16.8 Å². The van der Waals surface area contributed by atoms with Crippen molar-refractivity contribution in [3.8, 4) is 21.8 Å². The van der Waals surface area contributed by atoms with Gasteiger partial charge < -0.3 is 10.2 Å². The average Bonchev–Trinajstić information content (AvgIpc) is 3.29. The third-order valence-electron chi connectivity index (χ3n) is 4.10. The molecule has 0 bridgehead atoms. The van der Waals surface area contributed by atoms with E-state index in [2.05, 4.69) is 9.98 Å². The third-order valence-corrected chi connectivity index (χ3v) is 6.76. The molecule has 2 atom stereocenters. The number of thiophene rings is 1. The van der Waals surface area contributed by atoms with Crippen molar-refractivity contribution < 1.29 is 13.0 Å². The van der Waals surface area contributed by atoms with Gasteiger partial charge in [-0.2, -0.15) is 0 Å². The maximum Gasteiger partial charge on any atom is 0.203 e. The number of hydrogen-bond donors (Lipinski definition) is 1. The summed E-state index contributed by atoms with van der Waals surface area (Å²) in [5.74, 6) is 0.651. The van der Waals surface area contributed by atoms with Crippen LogP contribution in [0.3, 0.4) is 0 Å². The van der Waals surface area contributed by atoms with Gasteiger partial charge in [-0.1, -0.05) is 18.2 Å². The molecular weight excluding hydrogens is 375 g/mol. The molecule has 134 valence electrons. The van der Waals surface area contributed by atoms with E-state index in [1.165, 1.54) is 28.1 Å². The van der Waals surface area contributed by atoms with E-state index in [9.17, 15) is 8.60 Å². The first-order chi connectivity index (χ1) is 12.5. The fraction of sp³-hybridized carbons (Fsp3) is 0.176. The summed E-state index contributed by atoms with van der Waals surface area (Å²) in [6, 6.07) is 8.54. The number of nitrogens with two attached hydrogens (primary N) is 1. The predicted octanol–water partition coefficient (Wildman–Crippen LogP) is 3.17. The van der Waals surface area contributed by atoms with Gasteiger partial charge in [-0.25, -0.2) is 18.6 Å². The SMILES string of the molecule is CN1C(N)=NC(c2sc(-c3cccc(-c4cnco4)c3)cc2F)CS1=O. The van der Waals surface area contributed by atoms with Gasteiger partial charge in [0.2, 0.25) is 5.96 Å². The molecule has 3 aromatic rings. The summed E-state index contributed by atoms with van der Waals surface area (Å²) in [6.07, 6.45) is 3.00. The van der Waals surface area contributed by atoms with Crippen LogP contribution in [0, 0.1) is 5.82 Å². The molecule has 1 aliphatic heterocycles. The predicted molar refractivity (Wildman–Crippen MR) is 100 cm³/mol. The Hall–Kier alpha value is -2.52. The highest BCUT2D eigenvalue weighted by molar-refractivity contribution is 7.83. The van der Waals surface area contributed by atoms with Gasteiger partial charge in [0.15, 0.2) is 12.2 Å². The molecule has 0 radical (unpaired) electrons. The number of hydrogen-bond acceptors (Lipinski definition) is 6. The average molecular weight is 390 g/mol. The summed E-state index contributed by atoms with van der Waals surface area (Å²) < 4.78 is 33.4. The van der Waals surface area contributed by atoms with Crippen molar-refractivity contribution in [2.24, 2.45) is 10.7 Å². The van der Waals surface area contributed by atoms with Crippen molar-refractivity contribution in [2.45, 2.75) is 6.04 Å². The first-order valence-electron chi connectivity index (χ1n) is 7.77. The Bertz CT molecular complexity index is 1000. The van der Waals surface area contributed by atoms with Gasteiger partial charge in [-0.05, 0) is 17.7 Å². The van der Waals surface area contributed by atoms with Crippen LogP contribution in [0.15, 0.2) is 52.3 Å². The first-order valence-corrected chi connectivity index (χ1v) is 9.86. The number of aliphatic imine (C=N–C) groups is 1. The Kier molecular flexibility index (Phi) is 4.33. The van der Waals surface area contributed by atoms with E-state index in [0.29, 0.717) is 10.6 Å². The summed E-state index contributed by atoms with van der Waals surface area (Å²) >= 11 is 1.29. The lowest BCUT2D eigenvalue weighted by Crippen LogP contribution is -2.41. The minimum Gasteiger partial charge on any atom is -0.444 e.